The Morgan fingerprint density at radius 1 is 1.23 bits per heavy atom. The number of thiophene rings is 2. The van der Waals surface area contributed by atoms with E-state index in [-0.39, 0.29) is 23.8 Å². The quantitative estimate of drug-likeness (QED) is 0.729. The number of nitrogens with zero attached hydrogens (tertiary/aromatic N) is 1. The average Bonchev–Trinajstić information content (AvgIpc) is 3.23. The third-order valence-electron chi connectivity index (χ3n) is 3.95. The highest BCUT2D eigenvalue weighted by Crippen LogP contribution is 2.34. The summed E-state index contributed by atoms with van der Waals surface area (Å²) in [6.07, 6.45) is 0.217. The van der Waals surface area contributed by atoms with Crippen molar-refractivity contribution in [3.63, 3.8) is 0 Å². The van der Waals surface area contributed by atoms with E-state index >= 15 is 0 Å². The van der Waals surface area contributed by atoms with Crippen LogP contribution in [0, 0.1) is 6.92 Å². The summed E-state index contributed by atoms with van der Waals surface area (Å²) in [4.78, 5) is 40.3. The molecule has 2 heterocycles. The van der Waals surface area contributed by atoms with E-state index in [1.165, 1.54) is 18.4 Å². The molecule has 2 aromatic heterocycles. The van der Waals surface area contributed by atoms with Gasteiger partial charge in [0, 0.05) is 18.0 Å². The Kier molecular flexibility index (Phi) is 6.93. The van der Waals surface area contributed by atoms with Crippen LogP contribution in [0.2, 0.25) is 0 Å². The minimum absolute atomic E-state index is 0.151. The van der Waals surface area contributed by atoms with E-state index in [0.717, 1.165) is 16.2 Å². The maximum atomic E-state index is 12.7. The molecule has 0 aliphatic rings. The Labute approximate surface area is 160 Å². The molecular weight excluding hydrogens is 372 g/mol. The normalized spacial score (nSPS) is 10.5. The minimum Gasteiger partial charge on any atom is -0.465 e. The summed E-state index contributed by atoms with van der Waals surface area (Å²) in [5, 5.41) is 5.02. The first-order chi connectivity index (χ1) is 12.4. The van der Waals surface area contributed by atoms with Gasteiger partial charge in [0.2, 0.25) is 5.91 Å². The predicted octanol–water partition coefficient (Wildman–Crippen LogP) is 3.57. The van der Waals surface area contributed by atoms with Gasteiger partial charge in [-0.15, -0.1) is 22.7 Å². The zero-order valence-corrected chi connectivity index (χ0v) is 16.9. The van der Waals surface area contributed by atoms with Gasteiger partial charge in [0.05, 0.1) is 24.0 Å². The van der Waals surface area contributed by atoms with Gasteiger partial charge in [-0.3, -0.25) is 9.59 Å². The lowest BCUT2D eigenvalue weighted by molar-refractivity contribution is -0.115. The second-order valence-corrected chi connectivity index (χ2v) is 7.59. The molecule has 0 aliphatic carbocycles. The standard InChI is InChI=1S/C18H22N2O4S2/c1-5-20(6-2)17(22)15-11(3)14(18(23)24-4)16(26-15)19-13(21)10-12-8-7-9-25-12/h7-9H,5-6,10H2,1-4H3,(H,19,21). The smallest absolute Gasteiger partial charge is 0.341 e. The molecule has 0 radical (unpaired) electrons. The summed E-state index contributed by atoms with van der Waals surface area (Å²) in [6.45, 7) is 6.64. The highest BCUT2D eigenvalue weighted by Gasteiger charge is 2.28. The van der Waals surface area contributed by atoms with Crippen molar-refractivity contribution in [2.45, 2.75) is 27.2 Å². The summed E-state index contributed by atoms with van der Waals surface area (Å²) in [5.41, 5.74) is 0.776. The number of amides is 2. The first-order valence-electron chi connectivity index (χ1n) is 8.26. The third kappa shape index (κ3) is 4.31. The number of carbonyl (C=O) groups is 3. The van der Waals surface area contributed by atoms with Crippen molar-refractivity contribution in [2.24, 2.45) is 0 Å². The summed E-state index contributed by atoms with van der Waals surface area (Å²) in [7, 11) is 1.28. The number of methoxy groups -OCH3 is 1. The van der Waals surface area contributed by atoms with Gasteiger partial charge in [-0.25, -0.2) is 4.79 Å². The first-order valence-corrected chi connectivity index (χ1v) is 9.95. The average molecular weight is 395 g/mol. The molecule has 2 rings (SSSR count). The molecule has 6 nitrogen and oxygen atoms in total. The molecule has 0 fully saturated rings. The van der Waals surface area contributed by atoms with E-state index in [4.69, 9.17) is 4.74 Å². The van der Waals surface area contributed by atoms with Gasteiger partial charge in [-0.05, 0) is 37.8 Å². The van der Waals surface area contributed by atoms with Crippen molar-refractivity contribution in [1.29, 1.82) is 0 Å². The van der Waals surface area contributed by atoms with Gasteiger partial charge in [0.15, 0.2) is 0 Å². The van der Waals surface area contributed by atoms with Crippen LogP contribution in [0.1, 0.15) is 44.3 Å². The molecule has 0 saturated carbocycles. The number of nitrogens with one attached hydrogen (secondary N) is 1. The van der Waals surface area contributed by atoms with Crippen LogP contribution in [0.15, 0.2) is 17.5 Å². The Bertz CT molecular complexity index is 792. The summed E-state index contributed by atoms with van der Waals surface area (Å²) < 4.78 is 4.85. The van der Waals surface area contributed by atoms with Crippen molar-refractivity contribution in [1.82, 2.24) is 4.90 Å². The predicted molar refractivity (Wildman–Crippen MR) is 104 cm³/mol. The maximum absolute atomic E-state index is 12.7. The lowest BCUT2D eigenvalue weighted by Gasteiger charge is -2.17. The van der Waals surface area contributed by atoms with Crippen LogP contribution < -0.4 is 5.32 Å². The van der Waals surface area contributed by atoms with Crippen molar-refractivity contribution in [3.05, 3.63) is 38.4 Å². The summed E-state index contributed by atoms with van der Waals surface area (Å²) in [6, 6.07) is 3.75. The zero-order valence-electron chi connectivity index (χ0n) is 15.3. The minimum atomic E-state index is -0.566. The van der Waals surface area contributed by atoms with Crippen LogP contribution in [0.3, 0.4) is 0 Å². The fourth-order valence-corrected chi connectivity index (χ4v) is 4.43. The highest BCUT2D eigenvalue weighted by molar-refractivity contribution is 7.18. The topological polar surface area (TPSA) is 75.7 Å². The van der Waals surface area contributed by atoms with Gasteiger partial charge in [0.1, 0.15) is 5.00 Å². The Balaban J connectivity index is 2.34. The van der Waals surface area contributed by atoms with E-state index in [1.54, 1.807) is 11.8 Å². The van der Waals surface area contributed by atoms with E-state index < -0.39 is 5.97 Å². The molecule has 140 valence electrons. The molecule has 26 heavy (non-hydrogen) atoms. The van der Waals surface area contributed by atoms with E-state index in [0.29, 0.717) is 28.5 Å². The van der Waals surface area contributed by atoms with Crippen molar-refractivity contribution in [2.75, 3.05) is 25.5 Å². The molecule has 2 aromatic rings. The molecule has 0 aliphatic heterocycles. The first kappa shape index (κ1) is 20.1. The van der Waals surface area contributed by atoms with Gasteiger partial charge in [0.25, 0.3) is 5.91 Å². The monoisotopic (exact) mass is 394 g/mol. The number of hydrogen-bond acceptors (Lipinski definition) is 6. The summed E-state index contributed by atoms with van der Waals surface area (Å²) >= 11 is 2.61. The van der Waals surface area contributed by atoms with Crippen LogP contribution >= 0.6 is 22.7 Å². The van der Waals surface area contributed by atoms with Gasteiger partial charge >= 0.3 is 5.97 Å². The van der Waals surface area contributed by atoms with Crippen molar-refractivity contribution < 1.29 is 19.1 Å². The Morgan fingerprint density at radius 3 is 2.46 bits per heavy atom. The lowest BCUT2D eigenvalue weighted by Crippen LogP contribution is -2.30. The SMILES string of the molecule is CCN(CC)C(=O)c1sc(NC(=O)Cc2cccs2)c(C(=O)OC)c1C. The van der Waals surface area contributed by atoms with Gasteiger partial charge < -0.3 is 15.0 Å². The number of rotatable bonds is 7. The zero-order chi connectivity index (χ0) is 19.3. The van der Waals surface area contributed by atoms with Crippen LogP contribution in [0.5, 0.6) is 0 Å². The third-order valence-corrected chi connectivity index (χ3v) is 6.02. The Morgan fingerprint density at radius 2 is 1.92 bits per heavy atom. The molecule has 8 heteroatoms. The number of ether oxygens (including phenoxy) is 1. The molecule has 0 unspecified atom stereocenters. The van der Waals surface area contributed by atoms with Crippen LogP contribution in [0.4, 0.5) is 5.00 Å². The number of anilines is 1. The fourth-order valence-electron chi connectivity index (χ4n) is 2.55. The number of esters is 1. The molecule has 0 atom stereocenters. The largest absolute Gasteiger partial charge is 0.465 e. The van der Waals surface area contributed by atoms with Gasteiger partial charge in [-0.1, -0.05) is 6.07 Å². The lowest BCUT2D eigenvalue weighted by atomic mass is 10.1. The van der Waals surface area contributed by atoms with Crippen molar-refractivity contribution >= 4 is 45.5 Å². The second kappa shape index (κ2) is 8.95. The maximum Gasteiger partial charge on any atom is 0.341 e. The van der Waals surface area contributed by atoms with E-state index in [9.17, 15) is 14.4 Å². The fraction of sp³-hybridized carbons (Fsp3) is 0.389. The molecule has 0 bridgehead atoms. The molecule has 0 aromatic carbocycles. The number of hydrogen-bond donors (Lipinski definition) is 1. The number of carbonyl (C=O) groups excluding carboxylic acids is 3. The second-order valence-electron chi connectivity index (χ2n) is 5.53. The molecule has 1 N–H and O–H groups in total. The highest BCUT2D eigenvalue weighted by atomic mass is 32.1. The van der Waals surface area contributed by atoms with Crippen molar-refractivity contribution in [3.8, 4) is 0 Å². The molecular formula is C18H22N2O4S2. The van der Waals surface area contributed by atoms with Crippen LogP contribution in [-0.4, -0.2) is 42.9 Å². The summed E-state index contributed by atoms with van der Waals surface area (Å²) in [5.74, 6) is -0.953. The van der Waals surface area contributed by atoms with Crippen LogP contribution in [0.25, 0.3) is 0 Å². The molecule has 0 spiro atoms. The van der Waals surface area contributed by atoms with Gasteiger partial charge in [-0.2, -0.15) is 0 Å². The molecule has 2 amide bonds. The van der Waals surface area contributed by atoms with E-state index in [2.05, 4.69) is 5.32 Å². The van der Waals surface area contributed by atoms with E-state index in [1.807, 2.05) is 31.4 Å². The molecule has 0 saturated heterocycles. The van der Waals surface area contributed by atoms with Crippen LogP contribution in [-0.2, 0) is 16.0 Å². The Hall–Kier alpha value is -2.19.